The van der Waals surface area contributed by atoms with Crippen molar-refractivity contribution in [2.45, 2.75) is 104 Å². The molecule has 0 bridgehead atoms. The van der Waals surface area contributed by atoms with Crippen LogP contribution in [0.1, 0.15) is 84.5 Å². The molecule has 4 rings (SSSR count). The van der Waals surface area contributed by atoms with Gasteiger partial charge < -0.3 is 29.2 Å². The van der Waals surface area contributed by atoms with Crippen LogP contribution in [0.15, 0.2) is 53.6 Å². The van der Waals surface area contributed by atoms with Gasteiger partial charge in [-0.2, -0.15) is 0 Å². The topological polar surface area (TPSA) is 136 Å². The Labute approximate surface area is 253 Å². The average molecular weight is 597 g/mol. The molecule has 0 aliphatic heterocycles. The third-order valence-electron chi connectivity index (χ3n) is 10.2. The molecule has 8 atom stereocenters. The zero-order valence-corrected chi connectivity index (χ0v) is 26.1. The van der Waals surface area contributed by atoms with Gasteiger partial charge in [-0.25, -0.2) is 4.79 Å². The number of aliphatic hydroxyl groups is 2. The van der Waals surface area contributed by atoms with E-state index in [1.165, 1.54) is 20.8 Å². The molecule has 0 aromatic heterocycles. The number of ketones is 1. The van der Waals surface area contributed by atoms with E-state index < -0.39 is 70.6 Å². The van der Waals surface area contributed by atoms with Crippen LogP contribution in [0.5, 0.6) is 0 Å². The normalized spacial score (nSPS) is 34.0. The number of esters is 3. The van der Waals surface area contributed by atoms with Gasteiger partial charge in [0.25, 0.3) is 0 Å². The molecule has 0 amide bonds. The van der Waals surface area contributed by atoms with Crippen molar-refractivity contribution in [2.24, 2.45) is 22.7 Å². The SMILES string of the molecule is C=C1C(O)CC(CC(C)=O)C2(C)C1CC1(C(C)(C)O)CC(OC(C)=O)C(C)=C1C(OC(=O)c1ccccc1)C2OC(C)=O. The summed E-state index contributed by atoms with van der Waals surface area (Å²) in [7, 11) is 0. The summed E-state index contributed by atoms with van der Waals surface area (Å²) in [5.41, 5.74) is -1.77. The molecule has 0 radical (unpaired) electrons. The lowest BCUT2D eigenvalue weighted by Gasteiger charge is -2.54. The van der Waals surface area contributed by atoms with E-state index in [2.05, 4.69) is 6.58 Å². The molecule has 2 N–H and O–H groups in total. The average Bonchev–Trinajstić information content (AvgIpc) is 3.13. The van der Waals surface area contributed by atoms with Crippen LogP contribution in [0, 0.1) is 22.7 Å². The molecular formula is C34H44O9. The summed E-state index contributed by atoms with van der Waals surface area (Å²) in [6.07, 6.45) is -3.33. The number of benzene rings is 1. The second kappa shape index (κ2) is 11.7. The second-order valence-corrected chi connectivity index (χ2v) is 13.3. The number of Topliss-reactive ketones (excluding diaryl/α,β-unsaturated/α-hetero) is 1. The van der Waals surface area contributed by atoms with E-state index in [1.54, 1.807) is 51.1 Å². The van der Waals surface area contributed by atoms with Crippen molar-refractivity contribution in [1.29, 1.82) is 0 Å². The van der Waals surface area contributed by atoms with Gasteiger partial charge in [0.2, 0.25) is 0 Å². The predicted octanol–water partition coefficient (Wildman–Crippen LogP) is 4.50. The maximum absolute atomic E-state index is 13.8. The number of fused-ring (bicyclic) bond motifs is 2. The van der Waals surface area contributed by atoms with Crippen LogP contribution in [0.3, 0.4) is 0 Å². The third kappa shape index (κ3) is 5.69. The van der Waals surface area contributed by atoms with Crippen LogP contribution in [-0.2, 0) is 28.6 Å². The molecule has 9 heteroatoms. The van der Waals surface area contributed by atoms with Crippen LogP contribution in [0.4, 0.5) is 0 Å². The summed E-state index contributed by atoms with van der Waals surface area (Å²) in [6, 6.07) is 8.41. The summed E-state index contributed by atoms with van der Waals surface area (Å²) < 4.78 is 18.2. The number of carbonyl (C=O) groups is 4. The van der Waals surface area contributed by atoms with Crippen molar-refractivity contribution >= 4 is 23.7 Å². The van der Waals surface area contributed by atoms with Gasteiger partial charge >= 0.3 is 17.9 Å². The molecule has 3 aliphatic rings. The highest BCUT2D eigenvalue weighted by Gasteiger charge is 2.68. The Balaban J connectivity index is 2.07. The van der Waals surface area contributed by atoms with E-state index in [0.717, 1.165) is 0 Å². The van der Waals surface area contributed by atoms with Crippen molar-refractivity contribution in [3.05, 3.63) is 59.2 Å². The molecule has 2 fully saturated rings. The Morgan fingerprint density at radius 1 is 1.00 bits per heavy atom. The Morgan fingerprint density at radius 2 is 1.60 bits per heavy atom. The highest BCUT2D eigenvalue weighted by molar-refractivity contribution is 5.89. The molecule has 0 spiro atoms. The number of ether oxygens (including phenoxy) is 3. The summed E-state index contributed by atoms with van der Waals surface area (Å²) in [4.78, 5) is 51.4. The van der Waals surface area contributed by atoms with Gasteiger partial charge in [-0.3, -0.25) is 9.59 Å². The molecule has 0 heterocycles. The maximum atomic E-state index is 13.8. The van der Waals surface area contributed by atoms with Gasteiger partial charge in [-0.05, 0) is 81.2 Å². The summed E-state index contributed by atoms with van der Waals surface area (Å²) in [6.45, 7) is 15.3. The van der Waals surface area contributed by atoms with E-state index in [1.807, 2.05) is 6.92 Å². The summed E-state index contributed by atoms with van der Waals surface area (Å²) in [5.74, 6) is -2.94. The minimum absolute atomic E-state index is 0.0953. The van der Waals surface area contributed by atoms with Crippen molar-refractivity contribution < 1.29 is 43.6 Å². The fourth-order valence-electron chi connectivity index (χ4n) is 8.07. The first-order valence-corrected chi connectivity index (χ1v) is 14.8. The molecule has 0 saturated heterocycles. The lowest BCUT2D eigenvalue weighted by molar-refractivity contribution is -0.175. The fraction of sp³-hybridized carbons (Fsp3) is 0.588. The minimum atomic E-state index is -1.46. The molecule has 3 aliphatic carbocycles. The van der Waals surface area contributed by atoms with E-state index in [0.29, 0.717) is 16.7 Å². The van der Waals surface area contributed by atoms with Gasteiger partial charge in [-0.15, -0.1) is 0 Å². The number of aliphatic hydroxyl groups excluding tert-OH is 1. The van der Waals surface area contributed by atoms with E-state index in [9.17, 15) is 29.4 Å². The molecule has 9 nitrogen and oxygen atoms in total. The van der Waals surface area contributed by atoms with Crippen molar-refractivity contribution in [1.82, 2.24) is 0 Å². The summed E-state index contributed by atoms with van der Waals surface area (Å²) in [5, 5.41) is 23.2. The fourth-order valence-corrected chi connectivity index (χ4v) is 8.07. The first-order valence-electron chi connectivity index (χ1n) is 14.8. The molecule has 234 valence electrons. The van der Waals surface area contributed by atoms with Crippen LogP contribution >= 0.6 is 0 Å². The lowest BCUT2D eigenvalue weighted by Crippen LogP contribution is -2.57. The van der Waals surface area contributed by atoms with Gasteiger partial charge in [0.05, 0.1) is 17.3 Å². The molecule has 1 aromatic carbocycles. The highest BCUT2D eigenvalue weighted by Crippen LogP contribution is 2.66. The van der Waals surface area contributed by atoms with Gasteiger partial charge in [0, 0.05) is 37.5 Å². The largest absolute Gasteiger partial charge is 0.458 e. The standard InChI is InChI=1S/C34H44O9/c1-18(35)14-24-15-26(38)19(2)25-16-34(32(6,7)40)17-27(41-21(4)36)20(3)28(34)29(30(33(24,25)8)42-22(5)37)43-31(39)23-12-10-9-11-13-23/h9-13,24-27,29-30,38,40H,2,14-17H2,1,3-8H3. The third-order valence-corrected chi connectivity index (χ3v) is 10.2. The zero-order chi connectivity index (χ0) is 32.1. The highest BCUT2D eigenvalue weighted by atomic mass is 16.6. The van der Waals surface area contributed by atoms with Gasteiger partial charge in [0.1, 0.15) is 18.0 Å². The van der Waals surface area contributed by atoms with E-state index in [4.69, 9.17) is 14.2 Å². The Kier molecular flexibility index (Phi) is 8.84. The van der Waals surface area contributed by atoms with E-state index >= 15 is 0 Å². The summed E-state index contributed by atoms with van der Waals surface area (Å²) >= 11 is 0. The van der Waals surface area contributed by atoms with Crippen LogP contribution < -0.4 is 0 Å². The van der Waals surface area contributed by atoms with Crippen LogP contribution in [0.25, 0.3) is 0 Å². The van der Waals surface area contributed by atoms with E-state index in [-0.39, 0.29) is 37.0 Å². The van der Waals surface area contributed by atoms with Gasteiger partial charge in [-0.1, -0.05) is 31.7 Å². The number of hydrogen-bond acceptors (Lipinski definition) is 9. The molecular weight excluding hydrogens is 552 g/mol. The van der Waals surface area contributed by atoms with Crippen molar-refractivity contribution in [3.8, 4) is 0 Å². The van der Waals surface area contributed by atoms with Crippen LogP contribution in [-0.4, -0.2) is 63.9 Å². The number of hydrogen-bond donors (Lipinski definition) is 2. The van der Waals surface area contributed by atoms with Crippen molar-refractivity contribution in [2.75, 3.05) is 0 Å². The second-order valence-electron chi connectivity index (χ2n) is 13.3. The smallest absolute Gasteiger partial charge is 0.338 e. The first kappa shape index (κ1) is 32.6. The maximum Gasteiger partial charge on any atom is 0.338 e. The Bertz CT molecular complexity index is 1340. The zero-order valence-electron chi connectivity index (χ0n) is 26.1. The minimum Gasteiger partial charge on any atom is -0.458 e. The van der Waals surface area contributed by atoms with Gasteiger partial charge in [0.15, 0.2) is 6.10 Å². The van der Waals surface area contributed by atoms with Crippen molar-refractivity contribution in [3.63, 3.8) is 0 Å². The van der Waals surface area contributed by atoms with Crippen LogP contribution in [0.2, 0.25) is 0 Å². The molecule has 2 saturated carbocycles. The number of carbonyl (C=O) groups excluding carboxylic acids is 4. The Morgan fingerprint density at radius 3 is 2.14 bits per heavy atom. The predicted molar refractivity (Wildman–Crippen MR) is 158 cm³/mol. The molecule has 1 aromatic rings. The first-order chi connectivity index (χ1) is 19.9. The quantitative estimate of drug-likeness (QED) is 0.265. The molecule has 8 unspecified atom stereocenters. The monoisotopic (exact) mass is 596 g/mol. The molecule has 43 heavy (non-hydrogen) atoms. The lowest BCUT2D eigenvalue weighted by atomic mass is 9.52. The Hall–Kier alpha value is -3.30. The number of rotatable bonds is 7.